The van der Waals surface area contributed by atoms with Crippen molar-refractivity contribution < 1.29 is 19.2 Å². The van der Waals surface area contributed by atoms with Gasteiger partial charge in [-0.25, -0.2) is 4.98 Å². The van der Waals surface area contributed by atoms with E-state index in [1.807, 2.05) is 0 Å². The number of morpholine rings is 1. The number of nitro groups is 1. The van der Waals surface area contributed by atoms with Crippen molar-refractivity contribution in [3.05, 3.63) is 51.3 Å². The van der Waals surface area contributed by atoms with Crippen LogP contribution in [0.2, 0.25) is 0 Å². The first kappa shape index (κ1) is 20.5. The van der Waals surface area contributed by atoms with Gasteiger partial charge in [-0.2, -0.15) is 4.98 Å². The van der Waals surface area contributed by atoms with Gasteiger partial charge in [-0.3, -0.25) is 14.9 Å². The van der Waals surface area contributed by atoms with Crippen molar-refractivity contribution in [1.29, 1.82) is 0 Å². The van der Waals surface area contributed by atoms with Crippen LogP contribution < -0.4 is 15.0 Å². The Kier molecular flexibility index (Phi) is 6.55. The summed E-state index contributed by atoms with van der Waals surface area (Å²) in [5.74, 6) is 1.41. The molecule has 1 amide bonds. The average Bonchev–Trinajstić information content (AvgIpc) is 2.71. The van der Waals surface area contributed by atoms with Crippen molar-refractivity contribution in [2.45, 2.75) is 13.8 Å². The fourth-order valence-electron chi connectivity index (χ4n) is 2.92. The molecule has 29 heavy (non-hydrogen) atoms. The Labute approximate surface area is 168 Å². The molecule has 1 aliphatic rings. The van der Waals surface area contributed by atoms with E-state index in [1.54, 1.807) is 32.0 Å². The van der Waals surface area contributed by atoms with Crippen LogP contribution in [0.4, 0.5) is 11.5 Å². The summed E-state index contributed by atoms with van der Waals surface area (Å²) in [6.07, 6.45) is 0. The summed E-state index contributed by atoms with van der Waals surface area (Å²) in [5.41, 5.74) is 0.654. The zero-order valence-electron chi connectivity index (χ0n) is 16.4. The van der Waals surface area contributed by atoms with E-state index in [0.29, 0.717) is 30.5 Å². The molecule has 0 aliphatic carbocycles. The maximum absolute atomic E-state index is 12.2. The molecule has 0 bridgehead atoms. The van der Waals surface area contributed by atoms with Gasteiger partial charge in [0.15, 0.2) is 0 Å². The molecule has 0 radical (unpaired) electrons. The number of carbonyl (C=O) groups is 1. The third kappa shape index (κ3) is 5.38. The van der Waals surface area contributed by atoms with Crippen molar-refractivity contribution in [3.8, 4) is 5.88 Å². The van der Waals surface area contributed by atoms with Gasteiger partial charge in [0.05, 0.1) is 24.7 Å². The highest BCUT2D eigenvalue weighted by molar-refractivity contribution is 5.94. The second-order valence-electron chi connectivity index (χ2n) is 6.57. The number of aryl methyl sites for hydroxylation is 2. The summed E-state index contributed by atoms with van der Waals surface area (Å²) in [6, 6.07) is 6.15. The van der Waals surface area contributed by atoms with Gasteiger partial charge in [-0.05, 0) is 19.9 Å². The molecular weight excluding hydrogens is 378 g/mol. The predicted octanol–water partition coefficient (Wildman–Crippen LogP) is 1.65. The smallest absolute Gasteiger partial charge is 0.273 e. The second-order valence-corrected chi connectivity index (χ2v) is 6.57. The molecule has 1 aromatic carbocycles. The van der Waals surface area contributed by atoms with Crippen LogP contribution in [0.15, 0.2) is 24.3 Å². The summed E-state index contributed by atoms with van der Waals surface area (Å²) in [5, 5.41) is 13.7. The molecule has 1 fully saturated rings. The lowest BCUT2D eigenvalue weighted by Gasteiger charge is -2.28. The predicted molar refractivity (Wildman–Crippen MR) is 105 cm³/mol. The van der Waals surface area contributed by atoms with Gasteiger partial charge in [0.25, 0.3) is 11.6 Å². The summed E-state index contributed by atoms with van der Waals surface area (Å²) < 4.78 is 11.0. The molecule has 0 saturated carbocycles. The fourth-order valence-corrected chi connectivity index (χ4v) is 2.92. The van der Waals surface area contributed by atoms with E-state index in [4.69, 9.17) is 9.47 Å². The quantitative estimate of drug-likeness (QED) is 0.422. The van der Waals surface area contributed by atoms with Crippen molar-refractivity contribution in [1.82, 2.24) is 15.3 Å². The summed E-state index contributed by atoms with van der Waals surface area (Å²) in [6.45, 7) is 6.69. The van der Waals surface area contributed by atoms with Gasteiger partial charge < -0.3 is 19.7 Å². The maximum Gasteiger partial charge on any atom is 0.273 e. The van der Waals surface area contributed by atoms with Crippen LogP contribution >= 0.6 is 0 Å². The van der Waals surface area contributed by atoms with Crippen molar-refractivity contribution in [3.63, 3.8) is 0 Å². The Morgan fingerprint density at radius 1 is 1.28 bits per heavy atom. The minimum absolute atomic E-state index is 0.0824. The number of amides is 1. The van der Waals surface area contributed by atoms with E-state index in [2.05, 4.69) is 20.2 Å². The number of carbonyl (C=O) groups excluding carboxylic acids is 1. The van der Waals surface area contributed by atoms with Gasteiger partial charge in [0.2, 0.25) is 5.88 Å². The Morgan fingerprint density at radius 3 is 2.76 bits per heavy atom. The molecule has 1 saturated heterocycles. The third-order valence-corrected chi connectivity index (χ3v) is 4.44. The van der Waals surface area contributed by atoms with Gasteiger partial charge in [0.1, 0.15) is 18.2 Å². The third-order valence-electron chi connectivity index (χ3n) is 4.44. The number of aromatic nitrogens is 2. The molecule has 0 spiro atoms. The first-order chi connectivity index (χ1) is 13.9. The second kappa shape index (κ2) is 9.28. The molecule has 10 heteroatoms. The highest BCUT2D eigenvalue weighted by atomic mass is 16.6. The molecule has 1 aromatic heterocycles. The fraction of sp³-hybridized carbons (Fsp3) is 0.421. The lowest BCUT2D eigenvalue weighted by atomic mass is 10.1. The SMILES string of the molecule is Cc1nc(OCCNC(=O)c2ccc(C)c([N+](=O)[O-])c2)cc(N2CCOCC2)n1. The lowest BCUT2D eigenvalue weighted by molar-refractivity contribution is -0.385. The van der Waals surface area contributed by atoms with E-state index in [1.165, 1.54) is 6.07 Å². The molecule has 2 heterocycles. The molecule has 10 nitrogen and oxygen atoms in total. The van der Waals surface area contributed by atoms with E-state index in [-0.39, 0.29) is 24.4 Å². The standard InChI is InChI=1S/C19H23N5O5/c1-13-3-4-15(11-16(13)24(26)27)19(25)20-5-8-29-18-12-17(21-14(2)22-18)23-6-9-28-10-7-23/h3-4,11-12H,5-10H2,1-2H3,(H,20,25). The number of anilines is 1. The highest BCUT2D eigenvalue weighted by Crippen LogP contribution is 2.20. The lowest BCUT2D eigenvalue weighted by Crippen LogP contribution is -2.37. The van der Waals surface area contributed by atoms with E-state index >= 15 is 0 Å². The zero-order chi connectivity index (χ0) is 20.8. The topological polar surface area (TPSA) is 120 Å². The molecule has 3 rings (SSSR count). The molecule has 154 valence electrons. The molecule has 2 aromatic rings. The van der Waals surface area contributed by atoms with Crippen molar-refractivity contribution in [2.75, 3.05) is 44.4 Å². The molecule has 0 atom stereocenters. The number of hydrogen-bond acceptors (Lipinski definition) is 8. The minimum Gasteiger partial charge on any atom is -0.476 e. The first-order valence-electron chi connectivity index (χ1n) is 9.28. The first-order valence-corrected chi connectivity index (χ1v) is 9.28. The van der Waals surface area contributed by atoms with Crippen LogP contribution in [-0.4, -0.2) is 60.3 Å². The van der Waals surface area contributed by atoms with Gasteiger partial charge in [-0.15, -0.1) is 0 Å². The van der Waals surface area contributed by atoms with E-state index in [9.17, 15) is 14.9 Å². The number of ether oxygens (including phenoxy) is 2. The van der Waals surface area contributed by atoms with Crippen LogP contribution in [0, 0.1) is 24.0 Å². The Balaban J connectivity index is 1.54. The number of nitrogens with one attached hydrogen (secondary N) is 1. The molecule has 1 N–H and O–H groups in total. The number of rotatable bonds is 7. The molecule has 1 aliphatic heterocycles. The highest BCUT2D eigenvalue weighted by Gasteiger charge is 2.16. The summed E-state index contributed by atoms with van der Waals surface area (Å²) in [7, 11) is 0. The summed E-state index contributed by atoms with van der Waals surface area (Å²) >= 11 is 0. The number of nitrogens with zero attached hydrogens (tertiary/aromatic N) is 4. The molecule has 0 unspecified atom stereocenters. The number of hydrogen-bond donors (Lipinski definition) is 1. The Morgan fingerprint density at radius 2 is 2.03 bits per heavy atom. The van der Waals surface area contributed by atoms with Crippen LogP contribution in [0.3, 0.4) is 0 Å². The Bertz CT molecular complexity index is 899. The number of nitro benzene ring substituents is 1. The van der Waals surface area contributed by atoms with Gasteiger partial charge >= 0.3 is 0 Å². The van der Waals surface area contributed by atoms with Crippen molar-refractivity contribution >= 4 is 17.4 Å². The normalized spacial score (nSPS) is 13.8. The molecular formula is C19H23N5O5. The average molecular weight is 401 g/mol. The van der Waals surface area contributed by atoms with Crippen LogP contribution in [-0.2, 0) is 4.74 Å². The van der Waals surface area contributed by atoms with Crippen LogP contribution in [0.1, 0.15) is 21.7 Å². The van der Waals surface area contributed by atoms with E-state index < -0.39 is 10.8 Å². The van der Waals surface area contributed by atoms with Crippen molar-refractivity contribution in [2.24, 2.45) is 0 Å². The Hall–Kier alpha value is -3.27. The van der Waals surface area contributed by atoms with Gasteiger partial charge in [-0.1, -0.05) is 6.07 Å². The van der Waals surface area contributed by atoms with E-state index in [0.717, 1.165) is 18.9 Å². The monoisotopic (exact) mass is 401 g/mol. The summed E-state index contributed by atoms with van der Waals surface area (Å²) in [4.78, 5) is 33.5. The van der Waals surface area contributed by atoms with Crippen LogP contribution in [0.5, 0.6) is 5.88 Å². The maximum atomic E-state index is 12.2. The van der Waals surface area contributed by atoms with Crippen LogP contribution in [0.25, 0.3) is 0 Å². The number of benzene rings is 1. The zero-order valence-corrected chi connectivity index (χ0v) is 16.4. The minimum atomic E-state index is -0.501. The van der Waals surface area contributed by atoms with Gasteiger partial charge in [0, 0.05) is 36.3 Å². The largest absolute Gasteiger partial charge is 0.476 e.